The fourth-order valence-electron chi connectivity index (χ4n) is 1.37. The van der Waals surface area contributed by atoms with Crippen LogP contribution in [0.2, 0.25) is 0 Å². The Balaban J connectivity index is 2.24. The SMILES string of the molecule is Cc1nc(C)c(-c2csc(NC(=O)CN)n2)s1. The number of thiazole rings is 2. The standard InChI is InChI=1S/C10H12N4OS2/c1-5-9(17-6(2)12-5)7-4-16-10(13-7)14-8(15)3-11/h4H,3,11H2,1-2H3,(H,13,14,15). The summed E-state index contributed by atoms with van der Waals surface area (Å²) < 4.78 is 0. The Labute approximate surface area is 107 Å². The average Bonchev–Trinajstić information content (AvgIpc) is 2.85. The molecular formula is C10H12N4OS2. The zero-order valence-electron chi connectivity index (χ0n) is 9.48. The van der Waals surface area contributed by atoms with Gasteiger partial charge in [-0.1, -0.05) is 0 Å². The van der Waals surface area contributed by atoms with Crippen LogP contribution in [0.1, 0.15) is 10.7 Å². The number of hydrogen-bond acceptors (Lipinski definition) is 6. The summed E-state index contributed by atoms with van der Waals surface area (Å²) in [6, 6.07) is 0. The molecule has 2 aromatic rings. The number of nitrogens with zero attached hydrogens (tertiary/aromatic N) is 2. The van der Waals surface area contributed by atoms with Crippen LogP contribution in [0, 0.1) is 13.8 Å². The molecule has 1 amide bonds. The second-order valence-corrected chi connectivity index (χ2v) is 5.50. The summed E-state index contributed by atoms with van der Waals surface area (Å²) in [7, 11) is 0. The van der Waals surface area contributed by atoms with Gasteiger partial charge in [-0.25, -0.2) is 9.97 Å². The van der Waals surface area contributed by atoms with Crippen molar-refractivity contribution >= 4 is 33.7 Å². The molecule has 2 aromatic heterocycles. The maximum absolute atomic E-state index is 11.1. The Bertz CT molecular complexity index is 546. The molecule has 0 saturated carbocycles. The van der Waals surface area contributed by atoms with E-state index in [-0.39, 0.29) is 12.5 Å². The third-order valence-electron chi connectivity index (χ3n) is 2.07. The van der Waals surface area contributed by atoms with Crippen LogP contribution >= 0.6 is 22.7 Å². The van der Waals surface area contributed by atoms with Crippen molar-refractivity contribution in [3.63, 3.8) is 0 Å². The second kappa shape index (κ2) is 4.91. The molecule has 0 fully saturated rings. The molecule has 3 N–H and O–H groups in total. The fraction of sp³-hybridized carbons (Fsp3) is 0.300. The van der Waals surface area contributed by atoms with Gasteiger partial charge in [-0.2, -0.15) is 0 Å². The number of aryl methyl sites for hydroxylation is 2. The van der Waals surface area contributed by atoms with E-state index in [2.05, 4.69) is 15.3 Å². The minimum Gasteiger partial charge on any atom is -0.322 e. The van der Waals surface area contributed by atoms with E-state index in [9.17, 15) is 4.79 Å². The van der Waals surface area contributed by atoms with E-state index in [4.69, 9.17) is 5.73 Å². The quantitative estimate of drug-likeness (QED) is 0.889. The first kappa shape index (κ1) is 12.2. The zero-order chi connectivity index (χ0) is 12.4. The Morgan fingerprint density at radius 3 is 2.82 bits per heavy atom. The summed E-state index contributed by atoms with van der Waals surface area (Å²) in [5.74, 6) is -0.233. The number of amides is 1. The van der Waals surface area contributed by atoms with E-state index in [1.165, 1.54) is 11.3 Å². The predicted octanol–water partition coefficient (Wildman–Crippen LogP) is 1.78. The Hall–Kier alpha value is -1.31. The van der Waals surface area contributed by atoms with Gasteiger partial charge in [-0.15, -0.1) is 22.7 Å². The van der Waals surface area contributed by atoms with Gasteiger partial charge in [0, 0.05) is 5.38 Å². The molecule has 0 unspecified atom stereocenters. The molecule has 7 heteroatoms. The molecular weight excluding hydrogens is 256 g/mol. The van der Waals surface area contributed by atoms with Crippen LogP contribution in [0.5, 0.6) is 0 Å². The van der Waals surface area contributed by atoms with Crippen molar-refractivity contribution in [1.29, 1.82) is 0 Å². The number of rotatable bonds is 3. The summed E-state index contributed by atoms with van der Waals surface area (Å²) in [5, 5.41) is 6.13. The topological polar surface area (TPSA) is 80.9 Å². The van der Waals surface area contributed by atoms with Crippen LogP contribution < -0.4 is 11.1 Å². The molecule has 0 aliphatic rings. The van der Waals surface area contributed by atoms with E-state index >= 15 is 0 Å². The molecule has 0 bridgehead atoms. The molecule has 0 radical (unpaired) electrons. The molecule has 5 nitrogen and oxygen atoms in total. The molecule has 0 aromatic carbocycles. The summed E-state index contributed by atoms with van der Waals surface area (Å²) >= 11 is 2.99. The summed E-state index contributed by atoms with van der Waals surface area (Å²) in [6.07, 6.45) is 0. The maximum atomic E-state index is 11.1. The number of aromatic nitrogens is 2. The number of anilines is 1. The fourth-order valence-corrected chi connectivity index (χ4v) is 3.05. The number of nitrogens with two attached hydrogens (primary N) is 1. The molecule has 0 atom stereocenters. The molecule has 2 rings (SSSR count). The molecule has 2 heterocycles. The first-order chi connectivity index (χ1) is 8.10. The van der Waals surface area contributed by atoms with Crippen LogP contribution in [0.3, 0.4) is 0 Å². The Morgan fingerprint density at radius 1 is 1.47 bits per heavy atom. The smallest absolute Gasteiger partial charge is 0.239 e. The van der Waals surface area contributed by atoms with Crippen LogP contribution in [-0.2, 0) is 4.79 Å². The van der Waals surface area contributed by atoms with Gasteiger partial charge in [-0.3, -0.25) is 4.79 Å². The van der Waals surface area contributed by atoms with E-state index in [1.54, 1.807) is 11.3 Å². The average molecular weight is 268 g/mol. The van der Waals surface area contributed by atoms with Gasteiger partial charge in [0.2, 0.25) is 5.91 Å². The van der Waals surface area contributed by atoms with Gasteiger partial charge in [0.15, 0.2) is 5.13 Å². The van der Waals surface area contributed by atoms with Crippen molar-refractivity contribution in [1.82, 2.24) is 9.97 Å². The number of hydrogen-bond donors (Lipinski definition) is 2. The molecule has 0 aliphatic carbocycles. The molecule has 17 heavy (non-hydrogen) atoms. The lowest BCUT2D eigenvalue weighted by molar-refractivity contribution is -0.114. The van der Waals surface area contributed by atoms with Crippen LogP contribution in [0.4, 0.5) is 5.13 Å². The van der Waals surface area contributed by atoms with Gasteiger partial charge in [-0.05, 0) is 13.8 Å². The molecule has 0 saturated heterocycles. The minimum absolute atomic E-state index is 0.0341. The highest BCUT2D eigenvalue weighted by molar-refractivity contribution is 7.16. The van der Waals surface area contributed by atoms with Gasteiger partial charge >= 0.3 is 0 Å². The van der Waals surface area contributed by atoms with Crippen molar-refractivity contribution in [2.24, 2.45) is 5.73 Å². The van der Waals surface area contributed by atoms with Crippen molar-refractivity contribution in [3.05, 3.63) is 16.1 Å². The van der Waals surface area contributed by atoms with E-state index < -0.39 is 0 Å². The molecule has 0 spiro atoms. The second-order valence-electron chi connectivity index (χ2n) is 3.44. The van der Waals surface area contributed by atoms with Crippen molar-refractivity contribution < 1.29 is 4.79 Å². The van der Waals surface area contributed by atoms with Crippen molar-refractivity contribution in [3.8, 4) is 10.6 Å². The van der Waals surface area contributed by atoms with Crippen LogP contribution in [0.25, 0.3) is 10.6 Å². The maximum Gasteiger partial charge on any atom is 0.239 e. The normalized spacial score (nSPS) is 10.5. The number of nitrogens with one attached hydrogen (secondary N) is 1. The van der Waals surface area contributed by atoms with Crippen molar-refractivity contribution in [2.75, 3.05) is 11.9 Å². The Kier molecular flexibility index (Phi) is 3.51. The highest BCUT2D eigenvalue weighted by atomic mass is 32.1. The van der Waals surface area contributed by atoms with Crippen LogP contribution in [-0.4, -0.2) is 22.4 Å². The molecule has 0 aliphatic heterocycles. The van der Waals surface area contributed by atoms with Gasteiger partial charge < -0.3 is 11.1 Å². The zero-order valence-corrected chi connectivity index (χ0v) is 11.1. The van der Waals surface area contributed by atoms with E-state index in [0.717, 1.165) is 21.3 Å². The van der Waals surface area contributed by atoms with Gasteiger partial charge in [0.05, 0.1) is 27.8 Å². The van der Waals surface area contributed by atoms with E-state index in [1.807, 2.05) is 19.2 Å². The summed E-state index contributed by atoms with van der Waals surface area (Å²) in [5.41, 5.74) is 7.04. The number of carbonyl (C=O) groups is 1. The highest BCUT2D eigenvalue weighted by Crippen LogP contribution is 2.31. The van der Waals surface area contributed by atoms with Gasteiger partial charge in [0.25, 0.3) is 0 Å². The van der Waals surface area contributed by atoms with Gasteiger partial charge in [0.1, 0.15) is 0 Å². The molecule has 90 valence electrons. The summed E-state index contributed by atoms with van der Waals surface area (Å²) in [4.78, 5) is 20.9. The Morgan fingerprint density at radius 2 is 2.24 bits per heavy atom. The third kappa shape index (κ3) is 2.68. The monoisotopic (exact) mass is 268 g/mol. The van der Waals surface area contributed by atoms with Crippen LogP contribution in [0.15, 0.2) is 5.38 Å². The third-order valence-corrected chi connectivity index (χ3v) is 3.93. The summed E-state index contributed by atoms with van der Waals surface area (Å²) in [6.45, 7) is 3.88. The first-order valence-electron chi connectivity index (χ1n) is 5.00. The largest absolute Gasteiger partial charge is 0.322 e. The highest BCUT2D eigenvalue weighted by Gasteiger charge is 2.12. The van der Waals surface area contributed by atoms with Crippen molar-refractivity contribution in [2.45, 2.75) is 13.8 Å². The minimum atomic E-state index is -0.233. The van der Waals surface area contributed by atoms with E-state index in [0.29, 0.717) is 5.13 Å². The lowest BCUT2D eigenvalue weighted by Crippen LogP contribution is -2.21. The predicted molar refractivity (Wildman–Crippen MR) is 70.4 cm³/mol. The lowest BCUT2D eigenvalue weighted by atomic mass is 10.3. The lowest BCUT2D eigenvalue weighted by Gasteiger charge is -1.96. The number of carbonyl (C=O) groups excluding carboxylic acids is 1. The first-order valence-corrected chi connectivity index (χ1v) is 6.69.